The molecule has 0 bridgehead atoms. The molecule has 1 aromatic carbocycles. The Morgan fingerprint density at radius 2 is 1.76 bits per heavy atom. The molecule has 0 unspecified atom stereocenters. The molecule has 3 rings (SSSR count). The highest BCUT2D eigenvalue weighted by atomic mass is 32.2. The van der Waals surface area contributed by atoms with Crippen molar-refractivity contribution >= 4 is 27.5 Å². The lowest BCUT2D eigenvalue weighted by Gasteiger charge is -2.09. The first-order valence-corrected chi connectivity index (χ1v) is 11.6. The van der Waals surface area contributed by atoms with Crippen molar-refractivity contribution < 1.29 is 13.2 Å². The van der Waals surface area contributed by atoms with E-state index in [9.17, 15) is 13.2 Å². The summed E-state index contributed by atoms with van der Waals surface area (Å²) in [5.41, 5.74) is 2.18. The number of carbonyl (C=O) groups excluding carboxylic acids is 1. The van der Waals surface area contributed by atoms with E-state index >= 15 is 0 Å². The maximum absolute atomic E-state index is 12.5. The molecule has 0 atom stereocenters. The zero-order valence-corrected chi connectivity index (χ0v) is 17.5. The number of thioether (sulfide) groups is 1. The van der Waals surface area contributed by atoms with Gasteiger partial charge in [-0.1, -0.05) is 23.8 Å². The number of amides is 1. The molecule has 0 radical (unpaired) electrons. The van der Waals surface area contributed by atoms with Crippen LogP contribution in [-0.2, 0) is 16.4 Å². The number of hydrogen-bond donors (Lipinski definition) is 1. The summed E-state index contributed by atoms with van der Waals surface area (Å²) in [4.78, 5) is 21.3. The third kappa shape index (κ3) is 5.88. The van der Waals surface area contributed by atoms with E-state index < -0.39 is 9.84 Å². The monoisotopic (exact) mass is 427 g/mol. The lowest BCUT2D eigenvalue weighted by Crippen LogP contribution is -2.24. The molecule has 150 valence electrons. The minimum atomic E-state index is -3.38. The SMILES string of the molecule is Cc1ccc(S(=O)(=O)CCSc2ncccc2C(=O)NCc2ccccn2)cc1. The van der Waals surface area contributed by atoms with Crippen molar-refractivity contribution in [3.63, 3.8) is 0 Å². The van der Waals surface area contributed by atoms with Crippen molar-refractivity contribution in [2.75, 3.05) is 11.5 Å². The smallest absolute Gasteiger partial charge is 0.254 e. The van der Waals surface area contributed by atoms with Gasteiger partial charge < -0.3 is 5.32 Å². The Balaban J connectivity index is 1.61. The number of aromatic nitrogens is 2. The molecule has 1 amide bonds. The summed E-state index contributed by atoms with van der Waals surface area (Å²) >= 11 is 1.25. The number of benzene rings is 1. The molecule has 2 heterocycles. The quantitative estimate of drug-likeness (QED) is 0.555. The molecule has 0 saturated carbocycles. The predicted octanol–water partition coefficient (Wildman–Crippen LogP) is 3.28. The van der Waals surface area contributed by atoms with Crippen molar-refractivity contribution in [3.05, 3.63) is 83.8 Å². The van der Waals surface area contributed by atoms with Crippen molar-refractivity contribution in [3.8, 4) is 0 Å². The van der Waals surface area contributed by atoms with E-state index in [1.54, 1.807) is 48.8 Å². The first-order valence-electron chi connectivity index (χ1n) is 9.01. The predicted molar refractivity (Wildman–Crippen MR) is 114 cm³/mol. The lowest BCUT2D eigenvalue weighted by molar-refractivity contribution is 0.0946. The van der Waals surface area contributed by atoms with Gasteiger partial charge in [0.05, 0.1) is 28.5 Å². The van der Waals surface area contributed by atoms with Crippen LogP contribution in [0.3, 0.4) is 0 Å². The van der Waals surface area contributed by atoms with Crippen LogP contribution >= 0.6 is 11.8 Å². The Morgan fingerprint density at radius 1 is 1.00 bits per heavy atom. The maximum Gasteiger partial charge on any atom is 0.254 e. The summed E-state index contributed by atoms with van der Waals surface area (Å²) < 4.78 is 25.0. The van der Waals surface area contributed by atoms with Gasteiger partial charge in [0.15, 0.2) is 9.84 Å². The molecule has 0 fully saturated rings. The van der Waals surface area contributed by atoms with Gasteiger partial charge in [0.1, 0.15) is 5.03 Å². The van der Waals surface area contributed by atoms with Crippen molar-refractivity contribution in [1.29, 1.82) is 0 Å². The van der Waals surface area contributed by atoms with Crippen LogP contribution in [0.25, 0.3) is 0 Å². The number of rotatable bonds is 8. The Kier molecular flexibility index (Phi) is 7.00. The Morgan fingerprint density at radius 3 is 2.48 bits per heavy atom. The average molecular weight is 428 g/mol. The number of nitrogens with zero attached hydrogens (tertiary/aromatic N) is 2. The van der Waals surface area contributed by atoms with Crippen LogP contribution in [0.15, 0.2) is 76.9 Å². The number of aryl methyl sites for hydroxylation is 1. The van der Waals surface area contributed by atoms with Crippen LogP contribution in [0, 0.1) is 6.92 Å². The molecule has 0 spiro atoms. The van der Waals surface area contributed by atoms with Crippen LogP contribution in [0.5, 0.6) is 0 Å². The molecule has 0 saturated heterocycles. The Hall–Kier alpha value is -2.71. The standard InChI is InChI=1S/C21H21N3O3S2/c1-16-7-9-18(10-8-16)29(26,27)14-13-28-21-19(6-4-12-23-21)20(25)24-15-17-5-2-3-11-22-17/h2-12H,13-15H2,1H3,(H,24,25). The fourth-order valence-corrected chi connectivity index (χ4v) is 5.20. The van der Waals surface area contributed by atoms with Gasteiger partial charge in [-0.2, -0.15) is 0 Å². The zero-order chi connectivity index (χ0) is 20.7. The number of sulfone groups is 1. The van der Waals surface area contributed by atoms with Gasteiger partial charge in [-0.15, -0.1) is 11.8 Å². The molecule has 1 N–H and O–H groups in total. The zero-order valence-electron chi connectivity index (χ0n) is 15.9. The van der Waals surface area contributed by atoms with Gasteiger partial charge in [-0.3, -0.25) is 9.78 Å². The highest BCUT2D eigenvalue weighted by molar-refractivity contribution is 8.00. The average Bonchev–Trinajstić information content (AvgIpc) is 2.73. The summed E-state index contributed by atoms with van der Waals surface area (Å²) in [7, 11) is -3.38. The van der Waals surface area contributed by atoms with Crippen molar-refractivity contribution in [2.24, 2.45) is 0 Å². The maximum atomic E-state index is 12.5. The number of pyridine rings is 2. The van der Waals surface area contributed by atoms with E-state index in [0.717, 1.165) is 11.3 Å². The Bertz CT molecular complexity index is 1070. The van der Waals surface area contributed by atoms with Crippen LogP contribution in [-0.4, -0.2) is 35.8 Å². The summed E-state index contributed by atoms with van der Waals surface area (Å²) in [6.45, 7) is 2.22. The molecule has 29 heavy (non-hydrogen) atoms. The number of nitrogens with one attached hydrogen (secondary N) is 1. The van der Waals surface area contributed by atoms with Gasteiger partial charge in [0, 0.05) is 18.1 Å². The van der Waals surface area contributed by atoms with Gasteiger partial charge in [0.2, 0.25) is 0 Å². The normalized spacial score (nSPS) is 11.2. The topological polar surface area (TPSA) is 89.0 Å². The first kappa shape index (κ1) is 21.0. The fraction of sp³-hybridized carbons (Fsp3) is 0.190. The molecule has 0 aliphatic heterocycles. The van der Waals surface area contributed by atoms with Crippen LogP contribution in [0.2, 0.25) is 0 Å². The van der Waals surface area contributed by atoms with E-state index in [-0.39, 0.29) is 11.7 Å². The molecule has 3 aromatic rings. The molecule has 6 nitrogen and oxygen atoms in total. The minimum Gasteiger partial charge on any atom is -0.346 e. The van der Waals surface area contributed by atoms with Crippen LogP contribution < -0.4 is 5.32 Å². The van der Waals surface area contributed by atoms with Gasteiger partial charge in [-0.25, -0.2) is 13.4 Å². The number of carbonyl (C=O) groups is 1. The van der Waals surface area contributed by atoms with E-state index in [4.69, 9.17) is 0 Å². The van der Waals surface area contributed by atoms with Crippen molar-refractivity contribution in [2.45, 2.75) is 23.4 Å². The summed E-state index contributed by atoms with van der Waals surface area (Å²) in [6, 6.07) is 15.7. The van der Waals surface area contributed by atoms with Crippen molar-refractivity contribution in [1.82, 2.24) is 15.3 Å². The molecular formula is C21H21N3O3S2. The molecule has 0 aliphatic carbocycles. The van der Waals surface area contributed by atoms with E-state index in [2.05, 4.69) is 15.3 Å². The highest BCUT2D eigenvalue weighted by Gasteiger charge is 2.17. The van der Waals surface area contributed by atoms with Crippen LogP contribution in [0.4, 0.5) is 0 Å². The highest BCUT2D eigenvalue weighted by Crippen LogP contribution is 2.22. The second-order valence-corrected chi connectivity index (χ2v) is 9.53. The van der Waals surface area contributed by atoms with E-state index in [1.807, 2.05) is 25.1 Å². The van der Waals surface area contributed by atoms with Gasteiger partial charge >= 0.3 is 0 Å². The molecular weight excluding hydrogens is 406 g/mol. The fourth-order valence-electron chi connectivity index (χ4n) is 2.56. The third-order valence-electron chi connectivity index (χ3n) is 4.14. The largest absolute Gasteiger partial charge is 0.346 e. The first-order chi connectivity index (χ1) is 14.0. The summed E-state index contributed by atoms with van der Waals surface area (Å²) in [6.07, 6.45) is 3.26. The molecule has 2 aromatic heterocycles. The van der Waals surface area contributed by atoms with E-state index in [1.165, 1.54) is 11.8 Å². The summed E-state index contributed by atoms with van der Waals surface area (Å²) in [5.74, 6) is -0.00677. The van der Waals surface area contributed by atoms with Gasteiger partial charge in [0.25, 0.3) is 5.91 Å². The van der Waals surface area contributed by atoms with Gasteiger partial charge in [-0.05, 0) is 43.3 Å². The minimum absolute atomic E-state index is 0.0354. The second-order valence-electron chi connectivity index (χ2n) is 6.34. The molecule has 0 aliphatic rings. The Labute approximate surface area is 174 Å². The summed E-state index contributed by atoms with van der Waals surface area (Å²) in [5, 5.41) is 3.33. The third-order valence-corrected chi connectivity index (χ3v) is 7.14. The number of hydrogen-bond acceptors (Lipinski definition) is 6. The second kappa shape index (κ2) is 9.67. The van der Waals surface area contributed by atoms with Crippen LogP contribution in [0.1, 0.15) is 21.6 Å². The molecule has 8 heteroatoms. The van der Waals surface area contributed by atoms with E-state index in [0.29, 0.717) is 27.8 Å². The lowest BCUT2D eigenvalue weighted by atomic mass is 10.2.